The number of hydrogen-bond donors (Lipinski definition) is 1. The van der Waals surface area contributed by atoms with Crippen molar-refractivity contribution in [2.45, 2.75) is 38.8 Å². The predicted molar refractivity (Wildman–Crippen MR) is 52.3 cm³/mol. The highest BCUT2D eigenvalue weighted by Crippen LogP contribution is 2.40. The van der Waals surface area contributed by atoms with Gasteiger partial charge >= 0.3 is 0 Å². The zero-order chi connectivity index (χ0) is 9.42. The van der Waals surface area contributed by atoms with Gasteiger partial charge in [0.2, 0.25) is 0 Å². The molecule has 0 aliphatic heterocycles. The monoisotopic (exact) mass is 179 g/mol. The van der Waals surface area contributed by atoms with Crippen molar-refractivity contribution in [2.24, 2.45) is 11.7 Å². The van der Waals surface area contributed by atoms with Crippen LogP contribution in [0.15, 0.2) is 12.5 Å². The topological polar surface area (TPSA) is 43.8 Å². The summed E-state index contributed by atoms with van der Waals surface area (Å²) in [5.41, 5.74) is 7.01. The van der Waals surface area contributed by atoms with E-state index in [1.165, 1.54) is 12.8 Å². The Hall–Kier alpha value is -0.830. The number of aromatic nitrogens is 2. The van der Waals surface area contributed by atoms with Gasteiger partial charge in [0.15, 0.2) is 0 Å². The van der Waals surface area contributed by atoms with E-state index in [2.05, 4.69) is 16.5 Å². The van der Waals surface area contributed by atoms with Crippen LogP contribution in [0.1, 0.15) is 44.5 Å². The molecule has 0 amide bonds. The van der Waals surface area contributed by atoms with Crippen LogP contribution in [0.4, 0.5) is 0 Å². The second kappa shape index (κ2) is 3.14. The molecule has 0 radical (unpaired) electrons. The maximum Gasteiger partial charge on any atom is 0.0951 e. The van der Waals surface area contributed by atoms with Gasteiger partial charge in [-0.1, -0.05) is 0 Å². The molecule has 3 nitrogen and oxygen atoms in total. The van der Waals surface area contributed by atoms with E-state index in [0.717, 1.165) is 11.6 Å². The van der Waals surface area contributed by atoms with E-state index in [-0.39, 0.29) is 6.04 Å². The van der Waals surface area contributed by atoms with Crippen LogP contribution >= 0.6 is 0 Å². The predicted octanol–water partition coefficient (Wildman–Crippen LogP) is 1.87. The van der Waals surface area contributed by atoms with E-state index < -0.39 is 0 Å². The number of nitrogens with zero attached hydrogens (tertiary/aromatic N) is 2. The van der Waals surface area contributed by atoms with Gasteiger partial charge in [-0.15, -0.1) is 0 Å². The van der Waals surface area contributed by atoms with Gasteiger partial charge in [-0.2, -0.15) is 0 Å². The Labute approximate surface area is 79.0 Å². The Morgan fingerprint density at radius 2 is 2.23 bits per heavy atom. The molecule has 13 heavy (non-hydrogen) atoms. The van der Waals surface area contributed by atoms with Crippen LogP contribution in [0.2, 0.25) is 0 Å². The van der Waals surface area contributed by atoms with Gasteiger partial charge in [0.05, 0.1) is 12.0 Å². The second-order valence-electron chi connectivity index (χ2n) is 4.09. The van der Waals surface area contributed by atoms with Crippen molar-refractivity contribution in [1.82, 2.24) is 9.55 Å². The molecule has 0 spiro atoms. The maximum atomic E-state index is 5.86. The first-order chi connectivity index (χ1) is 6.20. The highest BCUT2D eigenvalue weighted by molar-refractivity contribution is 5.06. The Morgan fingerprint density at radius 3 is 2.77 bits per heavy atom. The molecule has 1 aromatic rings. The molecule has 72 valence electrons. The third-order valence-corrected chi connectivity index (χ3v) is 2.91. The third-order valence-electron chi connectivity index (χ3n) is 2.91. The van der Waals surface area contributed by atoms with Crippen molar-refractivity contribution >= 4 is 0 Å². The molecule has 1 aliphatic rings. The summed E-state index contributed by atoms with van der Waals surface area (Å²) in [7, 11) is 0. The first-order valence-corrected chi connectivity index (χ1v) is 4.97. The van der Waals surface area contributed by atoms with Crippen LogP contribution in [0.25, 0.3) is 0 Å². The van der Waals surface area contributed by atoms with Crippen LogP contribution in [0.5, 0.6) is 0 Å². The molecule has 2 N–H and O–H groups in total. The molecule has 3 heteroatoms. The molecule has 2 atom stereocenters. The lowest BCUT2D eigenvalue weighted by Crippen LogP contribution is -2.15. The molecule has 1 aromatic heterocycles. The highest BCUT2D eigenvalue weighted by atomic mass is 15.1. The van der Waals surface area contributed by atoms with Crippen LogP contribution in [0.3, 0.4) is 0 Å². The van der Waals surface area contributed by atoms with E-state index in [1.807, 2.05) is 19.4 Å². The average Bonchev–Trinajstić information content (AvgIpc) is 2.80. The molecular formula is C10H17N3. The molecular weight excluding hydrogens is 162 g/mol. The minimum Gasteiger partial charge on any atom is -0.330 e. The largest absolute Gasteiger partial charge is 0.330 e. The number of nitrogens with two attached hydrogens (primary N) is 1. The fourth-order valence-electron chi connectivity index (χ4n) is 1.81. The first-order valence-electron chi connectivity index (χ1n) is 4.97. The Morgan fingerprint density at radius 1 is 1.54 bits per heavy atom. The summed E-state index contributed by atoms with van der Waals surface area (Å²) in [4.78, 5) is 4.16. The summed E-state index contributed by atoms with van der Waals surface area (Å²) in [5.74, 6) is 0.853. The standard InChI is InChI=1S/C10H17N3/c1-7(11)10-5-12-6-13(10)8(2)9-3-4-9/h5-9H,3-4,11H2,1-2H3/t7-,8?/m1/s1. The van der Waals surface area contributed by atoms with Gasteiger partial charge < -0.3 is 10.3 Å². The van der Waals surface area contributed by atoms with Crippen LogP contribution in [0, 0.1) is 5.92 Å². The van der Waals surface area contributed by atoms with Crippen LogP contribution in [-0.4, -0.2) is 9.55 Å². The summed E-state index contributed by atoms with van der Waals surface area (Å²) in [6, 6.07) is 0.659. The van der Waals surface area contributed by atoms with Crippen molar-refractivity contribution in [2.75, 3.05) is 0 Å². The highest BCUT2D eigenvalue weighted by Gasteiger charge is 2.30. The SMILES string of the molecule is CC(C1CC1)n1cncc1[C@@H](C)N. The van der Waals surface area contributed by atoms with Crippen molar-refractivity contribution in [3.05, 3.63) is 18.2 Å². The zero-order valence-corrected chi connectivity index (χ0v) is 8.27. The summed E-state index contributed by atoms with van der Waals surface area (Å²) >= 11 is 0. The van der Waals surface area contributed by atoms with Gasteiger partial charge in [0.25, 0.3) is 0 Å². The number of imidazole rings is 1. The summed E-state index contributed by atoms with van der Waals surface area (Å²) in [6.07, 6.45) is 6.50. The number of rotatable bonds is 3. The normalized spacial score (nSPS) is 21.5. The lowest BCUT2D eigenvalue weighted by atomic mass is 10.2. The maximum absolute atomic E-state index is 5.86. The minimum atomic E-state index is 0.0868. The van der Waals surface area contributed by atoms with Crippen LogP contribution < -0.4 is 5.73 Å². The molecule has 1 aliphatic carbocycles. The lowest BCUT2D eigenvalue weighted by molar-refractivity contribution is 0.461. The molecule has 1 saturated carbocycles. The van der Waals surface area contributed by atoms with Crippen molar-refractivity contribution < 1.29 is 0 Å². The van der Waals surface area contributed by atoms with Gasteiger partial charge in [0.1, 0.15) is 0 Å². The van der Waals surface area contributed by atoms with Gasteiger partial charge in [0, 0.05) is 18.3 Å². The molecule has 2 rings (SSSR count). The van der Waals surface area contributed by atoms with E-state index >= 15 is 0 Å². The number of hydrogen-bond acceptors (Lipinski definition) is 2. The van der Waals surface area contributed by atoms with Crippen molar-refractivity contribution in [1.29, 1.82) is 0 Å². The quantitative estimate of drug-likeness (QED) is 0.769. The van der Waals surface area contributed by atoms with E-state index in [0.29, 0.717) is 6.04 Å². The average molecular weight is 179 g/mol. The molecule has 0 aromatic carbocycles. The van der Waals surface area contributed by atoms with Crippen molar-refractivity contribution in [3.63, 3.8) is 0 Å². The summed E-state index contributed by atoms with van der Waals surface area (Å²) in [6.45, 7) is 4.26. The Kier molecular flexibility index (Phi) is 2.12. The molecule has 1 heterocycles. The zero-order valence-electron chi connectivity index (χ0n) is 8.27. The van der Waals surface area contributed by atoms with Crippen molar-refractivity contribution in [3.8, 4) is 0 Å². The smallest absolute Gasteiger partial charge is 0.0951 e. The van der Waals surface area contributed by atoms with Gasteiger partial charge in [-0.05, 0) is 32.6 Å². The Balaban J connectivity index is 2.22. The third kappa shape index (κ3) is 1.61. The van der Waals surface area contributed by atoms with E-state index in [9.17, 15) is 0 Å². The molecule has 1 fully saturated rings. The fraction of sp³-hybridized carbons (Fsp3) is 0.700. The molecule has 0 bridgehead atoms. The lowest BCUT2D eigenvalue weighted by Gasteiger charge is -2.17. The second-order valence-corrected chi connectivity index (χ2v) is 4.09. The minimum absolute atomic E-state index is 0.0868. The Bertz CT molecular complexity index is 286. The van der Waals surface area contributed by atoms with E-state index in [4.69, 9.17) is 5.73 Å². The molecule has 1 unspecified atom stereocenters. The fourth-order valence-corrected chi connectivity index (χ4v) is 1.81. The van der Waals surface area contributed by atoms with Gasteiger partial charge in [-0.25, -0.2) is 4.98 Å². The summed E-state index contributed by atoms with van der Waals surface area (Å²) < 4.78 is 2.22. The van der Waals surface area contributed by atoms with Crippen LogP contribution in [-0.2, 0) is 0 Å². The first kappa shape index (κ1) is 8.75. The van der Waals surface area contributed by atoms with Gasteiger partial charge in [-0.3, -0.25) is 0 Å². The molecule has 0 saturated heterocycles. The summed E-state index contributed by atoms with van der Waals surface area (Å²) in [5, 5.41) is 0. The van der Waals surface area contributed by atoms with E-state index in [1.54, 1.807) is 0 Å².